The molecule has 0 heterocycles. The van der Waals surface area contributed by atoms with Crippen LogP contribution < -0.4 is 10.1 Å². The Balaban J connectivity index is 2.93. The van der Waals surface area contributed by atoms with Crippen LogP contribution in [0.1, 0.15) is 39.2 Å². The number of nitrogens with one attached hydrogen (secondary N) is 1. The van der Waals surface area contributed by atoms with E-state index in [0.29, 0.717) is 30.3 Å². The SMILES string of the molecule is CCCC(Oc1c(Cl)cccc1CNCC)C(=O)OCC. The van der Waals surface area contributed by atoms with E-state index in [2.05, 4.69) is 5.32 Å². The molecule has 1 rings (SSSR count). The molecule has 1 unspecified atom stereocenters. The van der Waals surface area contributed by atoms with Crippen molar-refractivity contribution in [3.8, 4) is 5.75 Å². The van der Waals surface area contributed by atoms with Gasteiger partial charge in [0.15, 0.2) is 6.10 Å². The summed E-state index contributed by atoms with van der Waals surface area (Å²) in [6.07, 6.45) is 0.816. The number of hydrogen-bond acceptors (Lipinski definition) is 4. The highest BCUT2D eigenvalue weighted by Crippen LogP contribution is 2.30. The molecular formula is C16H24ClNO3. The van der Waals surface area contributed by atoms with Gasteiger partial charge in [-0.2, -0.15) is 0 Å². The van der Waals surface area contributed by atoms with Crippen molar-refractivity contribution >= 4 is 17.6 Å². The van der Waals surface area contributed by atoms with Gasteiger partial charge in [0.05, 0.1) is 11.6 Å². The summed E-state index contributed by atoms with van der Waals surface area (Å²) in [4.78, 5) is 12.0. The lowest BCUT2D eigenvalue weighted by atomic mass is 10.1. The fourth-order valence-corrected chi connectivity index (χ4v) is 2.19. The first-order chi connectivity index (χ1) is 10.1. The number of hydrogen-bond donors (Lipinski definition) is 1. The molecule has 1 aromatic rings. The molecule has 0 aromatic heterocycles. The normalized spacial score (nSPS) is 12.0. The van der Waals surface area contributed by atoms with Crippen LogP contribution in [0.5, 0.6) is 5.75 Å². The van der Waals surface area contributed by atoms with Crippen molar-refractivity contribution in [3.05, 3.63) is 28.8 Å². The smallest absolute Gasteiger partial charge is 0.347 e. The molecule has 0 aliphatic rings. The monoisotopic (exact) mass is 313 g/mol. The van der Waals surface area contributed by atoms with Gasteiger partial charge in [-0.1, -0.05) is 44.0 Å². The van der Waals surface area contributed by atoms with E-state index >= 15 is 0 Å². The van der Waals surface area contributed by atoms with E-state index in [1.165, 1.54) is 0 Å². The van der Waals surface area contributed by atoms with Crippen molar-refractivity contribution in [3.63, 3.8) is 0 Å². The standard InChI is InChI=1S/C16H24ClNO3/c1-4-8-14(16(19)20-6-3)21-15-12(11-18-5-2)9-7-10-13(15)17/h7,9-10,14,18H,4-6,8,11H2,1-3H3. The zero-order chi connectivity index (χ0) is 15.7. The molecule has 1 aromatic carbocycles. The predicted molar refractivity (Wildman–Crippen MR) is 84.8 cm³/mol. The summed E-state index contributed by atoms with van der Waals surface area (Å²) >= 11 is 6.23. The van der Waals surface area contributed by atoms with Crippen molar-refractivity contribution in [1.29, 1.82) is 0 Å². The molecule has 0 spiro atoms. The van der Waals surface area contributed by atoms with Gasteiger partial charge in [-0.25, -0.2) is 4.79 Å². The minimum absolute atomic E-state index is 0.339. The molecule has 0 saturated heterocycles. The first-order valence-electron chi connectivity index (χ1n) is 7.45. The first-order valence-corrected chi connectivity index (χ1v) is 7.83. The molecule has 0 aliphatic carbocycles. The van der Waals surface area contributed by atoms with E-state index in [4.69, 9.17) is 21.1 Å². The van der Waals surface area contributed by atoms with Crippen LogP contribution in [0.25, 0.3) is 0 Å². The number of halogens is 1. The van der Waals surface area contributed by atoms with Crippen LogP contribution in [-0.4, -0.2) is 25.2 Å². The van der Waals surface area contributed by atoms with Crippen LogP contribution in [0, 0.1) is 0 Å². The Bertz CT molecular complexity index is 451. The summed E-state index contributed by atoms with van der Waals surface area (Å²) in [6.45, 7) is 7.66. The quantitative estimate of drug-likeness (QED) is 0.708. The summed E-state index contributed by atoms with van der Waals surface area (Å²) < 4.78 is 10.9. The highest BCUT2D eigenvalue weighted by atomic mass is 35.5. The van der Waals surface area contributed by atoms with Crippen LogP contribution in [0.15, 0.2) is 18.2 Å². The van der Waals surface area contributed by atoms with Gasteiger partial charge in [-0.15, -0.1) is 0 Å². The number of benzene rings is 1. The lowest BCUT2D eigenvalue weighted by molar-refractivity contribution is -0.151. The molecule has 0 radical (unpaired) electrons. The van der Waals surface area contributed by atoms with Crippen LogP contribution in [0.3, 0.4) is 0 Å². The highest BCUT2D eigenvalue weighted by Gasteiger charge is 2.23. The molecule has 0 saturated carbocycles. The predicted octanol–water partition coefficient (Wildman–Crippen LogP) is 3.56. The van der Waals surface area contributed by atoms with Gasteiger partial charge in [0, 0.05) is 12.1 Å². The highest BCUT2D eigenvalue weighted by molar-refractivity contribution is 6.32. The molecule has 0 aliphatic heterocycles. The van der Waals surface area contributed by atoms with E-state index in [9.17, 15) is 4.79 Å². The summed E-state index contributed by atoms with van der Waals surface area (Å²) in [5, 5.41) is 3.75. The number of esters is 1. The summed E-state index contributed by atoms with van der Waals surface area (Å²) in [6, 6.07) is 5.58. The average molecular weight is 314 g/mol. The molecular weight excluding hydrogens is 290 g/mol. The van der Waals surface area contributed by atoms with E-state index in [-0.39, 0.29) is 5.97 Å². The second-order valence-corrected chi connectivity index (χ2v) is 5.06. The molecule has 0 fully saturated rings. The Labute approximate surface area is 131 Å². The van der Waals surface area contributed by atoms with Crippen molar-refractivity contribution in [2.75, 3.05) is 13.2 Å². The van der Waals surface area contributed by atoms with Crippen molar-refractivity contribution < 1.29 is 14.3 Å². The summed E-state index contributed by atoms with van der Waals surface area (Å²) in [5.74, 6) is 0.222. The van der Waals surface area contributed by atoms with Crippen LogP contribution in [-0.2, 0) is 16.1 Å². The van der Waals surface area contributed by atoms with Crippen molar-refractivity contribution in [1.82, 2.24) is 5.32 Å². The molecule has 118 valence electrons. The lowest BCUT2D eigenvalue weighted by Crippen LogP contribution is -2.30. The average Bonchev–Trinajstić information content (AvgIpc) is 2.47. The number of ether oxygens (including phenoxy) is 2. The van der Waals surface area contributed by atoms with Gasteiger partial charge in [-0.3, -0.25) is 0 Å². The minimum Gasteiger partial charge on any atom is -0.477 e. The Morgan fingerprint density at radius 1 is 1.33 bits per heavy atom. The van der Waals surface area contributed by atoms with E-state index in [1.807, 2.05) is 26.0 Å². The third-order valence-electron chi connectivity index (χ3n) is 2.97. The molecule has 0 bridgehead atoms. The maximum atomic E-state index is 12.0. The van der Waals surface area contributed by atoms with Gasteiger partial charge in [0.25, 0.3) is 0 Å². The van der Waals surface area contributed by atoms with Crippen molar-refractivity contribution in [2.24, 2.45) is 0 Å². The van der Waals surface area contributed by atoms with Crippen LogP contribution in [0.2, 0.25) is 5.02 Å². The third kappa shape index (κ3) is 5.56. The number of carbonyl (C=O) groups excluding carboxylic acids is 1. The van der Waals surface area contributed by atoms with E-state index in [0.717, 1.165) is 18.5 Å². The molecule has 5 heteroatoms. The number of para-hydroxylation sites is 1. The molecule has 1 atom stereocenters. The van der Waals surface area contributed by atoms with Crippen LogP contribution in [0.4, 0.5) is 0 Å². The third-order valence-corrected chi connectivity index (χ3v) is 3.27. The van der Waals surface area contributed by atoms with Gasteiger partial charge < -0.3 is 14.8 Å². The zero-order valence-corrected chi connectivity index (χ0v) is 13.7. The largest absolute Gasteiger partial charge is 0.477 e. The van der Waals surface area contributed by atoms with Crippen molar-refractivity contribution in [2.45, 2.75) is 46.3 Å². The molecule has 0 amide bonds. The van der Waals surface area contributed by atoms with E-state index in [1.54, 1.807) is 13.0 Å². The second-order valence-electron chi connectivity index (χ2n) is 4.66. The Morgan fingerprint density at radius 2 is 2.10 bits per heavy atom. The summed E-state index contributed by atoms with van der Waals surface area (Å²) in [7, 11) is 0. The molecule has 1 N–H and O–H groups in total. The number of carbonyl (C=O) groups is 1. The Morgan fingerprint density at radius 3 is 2.71 bits per heavy atom. The molecule has 4 nitrogen and oxygen atoms in total. The van der Waals surface area contributed by atoms with Gasteiger partial charge in [-0.05, 0) is 26.0 Å². The minimum atomic E-state index is -0.616. The zero-order valence-electron chi connectivity index (χ0n) is 12.9. The fourth-order valence-electron chi connectivity index (χ4n) is 1.95. The topological polar surface area (TPSA) is 47.6 Å². The second kappa shape index (κ2) is 9.64. The van der Waals surface area contributed by atoms with Gasteiger partial charge in [0.2, 0.25) is 0 Å². The van der Waals surface area contributed by atoms with Crippen LogP contribution >= 0.6 is 11.6 Å². The maximum Gasteiger partial charge on any atom is 0.347 e. The first kappa shape index (κ1) is 17.8. The maximum absolute atomic E-state index is 12.0. The fraction of sp³-hybridized carbons (Fsp3) is 0.562. The van der Waals surface area contributed by atoms with E-state index < -0.39 is 6.10 Å². The van der Waals surface area contributed by atoms with Gasteiger partial charge in [0.1, 0.15) is 5.75 Å². The Kier molecular flexibility index (Phi) is 8.16. The number of rotatable bonds is 9. The van der Waals surface area contributed by atoms with Gasteiger partial charge >= 0.3 is 5.97 Å². The summed E-state index contributed by atoms with van der Waals surface area (Å²) in [5.41, 5.74) is 0.940. The Hall–Kier alpha value is -1.26. The lowest BCUT2D eigenvalue weighted by Gasteiger charge is -2.20. The molecule has 21 heavy (non-hydrogen) atoms.